The molecule has 0 aromatic heterocycles. The van der Waals surface area contributed by atoms with Gasteiger partial charge < -0.3 is 14.8 Å². The Morgan fingerprint density at radius 3 is 2.66 bits per heavy atom. The zero-order valence-electron chi connectivity index (χ0n) is 19.6. The number of nitrogens with zero attached hydrogens (tertiary/aromatic N) is 1. The largest absolute Gasteiger partial charge is 0.493 e. The van der Waals surface area contributed by atoms with Crippen molar-refractivity contribution in [3.63, 3.8) is 0 Å². The van der Waals surface area contributed by atoms with Gasteiger partial charge in [-0.2, -0.15) is 0 Å². The molecule has 0 aliphatic carbocycles. The quantitative estimate of drug-likeness (QED) is 0.306. The molecular formula is C27H26N2O5S. The molecular weight excluding hydrogens is 464 g/mol. The molecule has 1 N–H and O–H groups in total. The van der Waals surface area contributed by atoms with Crippen molar-refractivity contribution in [2.24, 2.45) is 0 Å². The van der Waals surface area contributed by atoms with Crippen molar-refractivity contribution >= 4 is 51.4 Å². The standard InChI is InChI=1S/C27H26N2O5S/c1-3-4-14-34-22-13-12-18(15-23(22)33-2)16-24-26(31)29(27(32)35-24)17-25(30)28-21-11-7-9-19-8-5-6-10-20(19)21/h5-13,15-16H,3-4,14,17H2,1-2H3,(H,28,30)/b24-16-. The summed E-state index contributed by atoms with van der Waals surface area (Å²) < 4.78 is 11.2. The van der Waals surface area contributed by atoms with E-state index in [0.717, 1.165) is 40.3 Å². The number of hydrogen-bond acceptors (Lipinski definition) is 6. The average molecular weight is 491 g/mol. The summed E-state index contributed by atoms with van der Waals surface area (Å²) in [5.41, 5.74) is 1.32. The van der Waals surface area contributed by atoms with E-state index in [1.165, 1.54) is 0 Å². The summed E-state index contributed by atoms with van der Waals surface area (Å²) in [5, 5.41) is 4.20. The lowest BCUT2D eigenvalue weighted by atomic mass is 10.1. The van der Waals surface area contributed by atoms with E-state index in [4.69, 9.17) is 9.47 Å². The Balaban J connectivity index is 1.45. The summed E-state index contributed by atoms with van der Waals surface area (Å²) in [5.74, 6) is 0.218. The molecule has 1 aliphatic rings. The monoisotopic (exact) mass is 490 g/mol. The maximum atomic E-state index is 12.9. The number of unbranched alkanes of at least 4 members (excludes halogenated alkanes) is 1. The van der Waals surface area contributed by atoms with Crippen LogP contribution in [0.4, 0.5) is 10.5 Å². The molecule has 8 heteroatoms. The number of imide groups is 1. The van der Waals surface area contributed by atoms with Gasteiger partial charge in [0.25, 0.3) is 11.1 Å². The van der Waals surface area contributed by atoms with E-state index in [1.807, 2.05) is 36.4 Å². The summed E-state index contributed by atoms with van der Waals surface area (Å²) in [7, 11) is 1.55. The highest BCUT2D eigenvalue weighted by molar-refractivity contribution is 8.18. The van der Waals surface area contributed by atoms with Gasteiger partial charge in [-0.05, 0) is 53.4 Å². The van der Waals surface area contributed by atoms with Crippen LogP contribution in [0.1, 0.15) is 25.3 Å². The molecule has 0 unspecified atom stereocenters. The number of rotatable bonds is 9. The van der Waals surface area contributed by atoms with Gasteiger partial charge in [-0.25, -0.2) is 0 Å². The van der Waals surface area contributed by atoms with Crippen LogP contribution in [0.5, 0.6) is 11.5 Å². The normalized spacial score (nSPS) is 14.6. The second-order valence-corrected chi connectivity index (χ2v) is 8.95. The van der Waals surface area contributed by atoms with Gasteiger partial charge >= 0.3 is 0 Å². The molecule has 0 saturated carbocycles. The third-order valence-electron chi connectivity index (χ3n) is 5.48. The van der Waals surface area contributed by atoms with E-state index >= 15 is 0 Å². The first-order valence-electron chi connectivity index (χ1n) is 11.3. The highest BCUT2D eigenvalue weighted by Crippen LogP contribution is 2.34. The SMILES string of the molecule is CCCCOc1ccc(/C=C2\SC(=O)N(CC(=O)Nc3cccc4ccccc34)C2=O)cc1OC. The Bertz CT molecular complexity index is 1300. The fourth-order valence-electron chi connectivity index (χ4n) is 3.68. The Kier molecular flexibility index (Phi) is 7.72. The van der Waals surface area contributed by atoms with Crippen LogP contribution in [0.2, 0.25) is 0 Å². The lowest BCUT2D eigenvalue weighted by Gasteiger charge is -2.13. The molecule has 0 radical (unpaired) electrons. The van der Waals surface area contributed by atoms with Crippen molar-refractivity contribution in [1.29, 1.82) is 0 Å². The lowest BCUT2D eigenvalue weighted by Crippen LogP contribution is -2.36. The first kappa shape index (κ1) is 24.3. The van der Waals surface area contributed by atoms with Gasteiger partial charge in [-0.1, -0.05) is 55.8 Å². The molecule has 1 saturated heterocycles. The van der Waals surface area contributed by atoms with Crippen molar-refractivity contribution in [3.05, 3.63) is 71.1 Å². The maximum absolute atomic E-state index is 12.9. The third-order valence-corrected chi connectivity index (χ3v) is 6.39. The number of amides is 3. The first-order chi connectivity index (χ1) is 17.0. The van der Waals surface area contributed by atoms with E-state index in [-0.39, 0.29) is 11.4 Å². The van der Waals surface area contributed by atoms with Gasteiger partial charge in [0, 0.05) is 11.1 Å². The van der Waals surface area contributed by atoms with Crippen LogP contribution in [-0.4, -0.2) is 42.2 Å². The van der Waals surface area contributed by atoms with E-state index in [0.29, 0.717) is 29.4 Å². The summed E-state index contributed by atoms with van der Waals surface area (Å²) in [4.78, 5) is 39.3. The maximum Gasteiger partial charge on any atom is 0.294 e. The molecule has 0 bridgehead atoms. The molecule has 1 aliphatic heterocycles. The number of anilines is 1. The first-order valence-corrected chi connectivity index (χ1v) is 12.2. The molecule has 3 aromatic rings. The van der Waals surface area contributed by atoms with Gasteiger partial charge in [0.2, 0.25) is 5.91 Å². The van der Waals surface area contributed by atoms with Crippen molar-refractivity contribution in [2.75, 3.05) is 25.6 Å². The number of ether oxygens (including phenoxy) is 2. The smallest absolute Gasteiger partial charge is 0.294 e. The summed E-state index contributed by atoms with van der Waals surface area (Å²) in [6.07, 6.45) is 3.58. The van der Waals surface area contributed by atoms with E-state index < -0.39 is 17.1 Å². The van der Waals surface area contributed by atoms with Gasteiger partial charge in [-0.3, -0.25) is 19.3 Å². The molecule has 0 spiro atoms. The number of carbonyl (C=O) groups excluding carboxylic acids is 3. The molecule has 3 aromatic carbocycles. The van der Waals surface area contributed by atoms with Gasteiger partial charge in [0.1, 0.15) is 6.54 Å². The summed E-state index contributed by atoms with van der Waals surface area (Å²) >= 11 is 0.808. The molecule has 7 nitrogen and oxygen atoms in total. The highest BCUT2D eigenvalue weighted by atomic mass is 32.2. The number of nitrogens with one attached hydrogen (secondary N) is 1. The Morgan fingerprint density at radius 2 is 1.86 bits per heavy atom. The number of benzene rings is 3. The molecule has 180 valence electrons. The number of carbonyl (C=O) groups is 3. The number of methoxy groups -OCH3 is 1. The Morgan fingerprint density at radius 1 is 1.06 bits per heavy atom. The van der Waals surface area contributed by atoms with Crippen LogP contribution < -0.4 is 14.8 Å². The highest BCUT2D eigenvalue weighted by Gasteiger charge is 2.36. The predicted molar refractivity (Wildman–Crippen MR) is 139 cm³/mol. The van der Waals surface area contributed by atoms with Crippen LogP contribution in [0.25, 0.3) is 16.8 Å². The number of fused-ring (bicyclic) bond motifs is 1. The summed E-state index contributed by atoms with van der Waals surface area (Å²) in [6.45, 7) is 2.31. The van der Waals surface area contributed by atoms with Crippen molar-refractivity contribution in [3.8, 4) is 11.5 Å². The summed E-state index contributed by atoms with van der Waals surface area (Å²) in [6, 6.07) is 18.6. The molecule has 4 rings (SSSR count). The Hall–Kier alpha value is -3.78. The fraction of sp³-hybridized carbons (Fsp3) is 0.222. The number of thioether (sulfide) groups is 1. The van der Waals surface area contributed by atoms with Crippen LogP contribution >= 0.6 is 11.8 Å². The van der Waals surface area contributed by atoms with Crippen molar-refractivity contribution < 1.29 is 23.9 Å². The molecule has 1 heterocycles. The molecule has 35 heavy (non-hydrogen) atoms. The predicted octanol–water partition coefficient (Wildman–Crippen LogP) is 5.70. The molecule has 3 amide bonds. The van der Waals surface area contributed by atoms with Crippen LogP contribution in [0.15, 0.2) is 65.6 Å². The molecule has 1 fully saturated rings. The van der Waals surface area contributed by atoms with Gasteiger partial charge in [0.05, 0.1) is 18.6 Å². The zero-order chi connectivity index (χ0) is 24.8. The zero-order valence-corrected chi connectivity index (χ0v) is 20.4. The van der Waals surface area contributed by atoms with E-state index in [1.54, 1.807) is 37.5 Å². The van der Waals surface area contributed by atoms with Crippen LogP contribution in [-0.2, 0) is 9.59 Å². The van der Waals surface area contributed by atoms with Crippen LogP contribution in [0.3, 0.4) is 0 Å². The van der Waals surface area contributed by atoms with Gasteiger partial charge in [-0.15, -0.1) is 0 Å². The average Bonchev–Trinajstić information content (AvgIpc) is 3.12. The van der Waals surface area contributed by atoms with Crippen molar-refractivity contribution in [1.82, 2.24) is 4.90 Å². The van der Waals surface area contributed by atoms with Crippen LogP contribution in [0, 0.1) is 0 Å². The lowest BCUT2D eigenvalue weighted by molar-refractivity contribution is -0.127. The Labute approximate surface area is 208 Å². The van der Waals surface area contributed by atoms with E-state index in [9.17, 15) is 14.4 Å². The minimum Gasteiger partial charge on any atom is -0.493 e. The number of hydrogen-bond donors (Lipinski definition) is 1. The minimum absolute atomic E-state index is 0.245. The molecule has 0 atom stereocenters. The minimum atomic E-state index is -0.504. The fourth-order valence-corrected chi connectivity index (χ4v) is 4.51. The van der Waals surface area contributed by atoms with Gasteiger partial charge in [0.15, 0.2) is 11.5 Å². The third kappa shape index (κ3) is 5.66. The topological polar surface area (TPSA) is 84.9 Å². The second-order valence-electron chi connectivity index (χ2n) is 7.96. The van der Waals surface area contributed by atoms with Crippen molar-refractivity contribution in [2.45, 2.75) is 19.8 Å². The second kappa shape index (κ2) is 11.1. The van der Waals surface area contributed by atoms with E-state index in [2.05, 4.69) is 12.2 Å².